The highest BCUT2D eigenvalue weighted by Crippen LogP contribution is 2.45. The Labute approximate surface area is 169 Å². The molecule has 0 aromatic heterocycles. The van der Waals surface area contributed by atoms with Crippen LogP contribution in [0.25, 0.3) is 0 Å². The van der Waals surface area contributed by atoms with Crippen molar-refractivity contribution in [2.75, 3.05) is 0 Å². The second-order valence-electron chi connectivity index (χ2n) is 8.90. The molecule has 28 heavy (non-hydrogen) atoms. The van der Waals surface area contributed by atoms with Gasteiger partial charge in [0, 0.05) is 0 Å². The van der Waals surface area contributed by atoms with Crippen LogP contribution in [0.3, 0.4) is 0 Å². The molecule has 1 nitrogen and oxygen atoms in total. The van der Waals surface area contributed by atoms with Gasteiger partial charge >= 0.3 is 0 Å². The molecular weight excluding hydrogens is 354 g/mol. The second kappa shape index (κ2) is 10.4. The molecule has 3 rings (SSSR count). The fourth-order valence-electron chi connectivity index (χ4n) is 5.44. The number of allylic oxidation sites excluding steroid dienone is 1. The van der Waals surface area contributed by atoms with Crippen LogP contribution in [0.4, 0.5) is 8.78 Å². The van der Waals surface area contributed by atoms with Crippen molar-refractivity contribution < 1.29 is 13.5 Å². The Hall–Kier alpha value is -1.38. The molecule has 156 valence electrons. The molecule has 2 aliphatic rings. The van der Waals surface area contributed by atoms with E-state index in [0.29, 0.717) is 5.56 Å². The maximum absolute atomic E-state index is 14.6. The zero-order valence-electron chi connectivity index (χ0n) is 17.6. The van der Waals surface area contributed by atoms with Crippen LogP contribution in [0.15, 0.2) is 24.5 Å². The average molecular weight is 391 g/mol. The van der Waals surface area contributed by atoms with Crippen molar-refractivity contribution in [3.05, 3.63) is 41.7 Å². The van der Waals surface area contributed by atoms with Crippen LogP contribution in [-0.2, 0) is 0 Å². The highest BCUT2D eigenvalue weighted by atomic mass is 19.2. The van der Waals surface area contributed by atoms with Crippen LogP contribution in [0.1, 0.15) is 96.0 Å². The van der Waals surface area contributed by atoms with Gasteiger partial charge in [-0.1, -0.05) is 51.2 Å². The van der Waals surface area contributed by atoms with Gasteiger partial charge in [0.2, 0.25) is 5.82 Å². The monoisotopic (exact) mass is 390 g/mol. The first-order valence-electron chi connectivity index (χ1n) is 11.4. The molecule has 2 fully saturated rings. The number of unbranched alkanes of at least 4 members (excludes halogenated alkanes) is 1. The minimum atomic E-state index is -0.858. The molecule has 2 saturated carbocycles. The van der Waals surface area contributed by atoms with E-state index in [1.807, 2.05) is 0 Å². The number of ether oxygens (including phenoxy) is 1. The summed E-state index contributed by atoms with van der Waals surface area (Å²) in [5.41, 5.74) is 0.534. The molecule has 3 heteroatoms. The quantitative estimate of drug-likeness (QED) is 0.427. The molecular formula is C25H36F2O. The van der Waals surface area contributed by atoms with Gasteiger partial charge in [-0.15, -0.1) is 0 Å². The Bertz CT molecular complexity index is 638. The van der Waals surface area contributed by atoms with Gasteiger partial charge in [0.25, 0.3) is 0 Å². The number of hydrogen-bond donors (Lipinski definition) is 0. The molecule has 0 heterocycles. The van der Waals surface area contributed by atoms with Crippen molar-refractivity contribution in [2.24, 2.45) is 17.8 Å². The lowest BCUT2D eigenvalue weighted by Gasteiger charge is -2.38. The van der Waals surface area contributed by atoms with E-state index in [1.54, 1.807) is 25.1 Å². The summed E-state index contributed by atoms with van der Waals surface area (Å²) in [6, 6.07) is 3.29. The van der Waals surface area contributed by atoms with Gasteiger partial charge < -0.3 is 4.74 Å². The molecule has 2 aliphatic carbocycles. The van der Waals surface area contributed by atoms with Crippen LogP contribution in [0.5, 0.6) is 5.75 Å². The molecule has 0 saturated heterocycles. The average Bonchev–Trinajstić information content (AvgIpc) is 2.74. The third kappa shape index (κ3) is 5.15. The van der Waals surface area contributed by atoms with Gasteiger partial charge in [0.05, 0.1) is 6.26 Å². The molecule has 1 aromatic carbocycles. The summed E-state index contributed by atoms with van der Waals surface area (Å²) in [4.78, 5) is 0. The zero-order valence-corrected chi connectivity index (χ0v) is 17.6. The highest BCUT2D eigenvalue weighted by molar-refractivity contribution is 5.33. The standard InChI is InChI=1S/C25H36F2O/c1-3-5-6-18-7-9-19(10-8-18)20-11-13-21(14-12-20)22-15-16-23(28-17-4-2)25(27)24(22)26/h4,15-21H,3,5-14H2,1-2H3. The lowest BCUT2D eigenvalue weighted by Crippen LogP contribution is -2.25. The number of halogens is 2. The molecule has 0 N–H and O–H groups in total. The van der Waals surface area contributed by atoms with Crippen molar-refractivity contribution in [2.45, 2.75) is 90.4 Å². The van der Waals surface area contributed by atoms with E-state index < -0.39 is 11.6 Å². The molecule has 0 spiro atoms. The maximum atomic E-state index is 14.6. The largest absolute Gasteiger partial charge is 0.462 e. The lowest BCUT2D eigenvalue weighted by molar-refractivity contribution is 0.155. The second-order valence-corrected chi connectivity index (χ2v) is 8.90. The fraction of sp³-hybridized carbons (Fsp3) is 0.680. The Morgan fingerprint density at radius 3 is 2.18 bits per heavy atom. The summed E-state index contributed by atoms with van der Waals surface area (Å²) in [6.07, 6.45) is 17.0. The van der Waals surface area contributed by atoms with Gasteiger partial charge in [-0.05, 0) is 80.8 Å². The molecule has 0 amide bonds. The van der Waals surface area contributed by atoms with Gasteiger partial charge in [0.1, 0.15) is 0 Å². The van der Waals surface area contributed by atoms with Crippen LogP contribution >= 0.6 is 0 Å². The summed E-state index contributed by atoms with van der Waals surface area (Å²) in [5.74, 6) is 1.12. The first-order chi connectivity index (χ1) is 13.6. The van der Waals surface area contributed by atoms with E-state index in [2.05, 4.69) is 6.92 Å². The van der Waals surface area contributed by atoms with Gasteiger partial charge in [-0.25, -0.2) is 4.39 Å². The van der Waals surface area contributed by atoms with Crippen LogP contribution in [0.2, 0.25) is 0 Å². The van der Waals surface area contributed by atoms with E-state index in [4.69, 9.17) is 4.74 Å². The number of hydrogen-bond acceptors (Lipinski definition) is 1. The Kier molecular flexibility index (Phi) is 7.93. The lowest BCUT2D eigenvalue weighted by atomic mass is 9.68. The summed E-state index contributed by atoms with van der Waals surface area (Å²) >= 11 is 0. The summed E-state index contributed by atoms with van der Waals surface area (Å²) in [5, 5.41) is 0. The highest BCUT2D eigenvalue weighted by Gasteiger charge is 2.32. The van der Waals surface area contributed by atoms with Crippen molar-refractivity contribution in [3.63, 3.8) is 0 Å². The minimum absolute atomic E-state index is 0.0344. The molecule has 0 bridgehead atoms. The van der Waals surface area contributed by atoms with Crippen molar-refractivity contribution in [1.29, 1.82) is 0 Å². The topological polar surface area (TPSA) is 9.23 Å². The third-order valence-electron chi connectivity index (χ3n) is 7.14. The van der Waals surface area contributed by atoms with Crippen LogP contribution in [0, 0.1) is 29.4 Å². The third-order valence-corrected chi connectivity index (χ3v) is 7.14. The smallest absolute Gasteiger partial charge is 0.201 e. The van der Waals surface area contributed by atoms with Gasteiger partial charge in [0.15, 0.2) is 11.6 Å². The Morgan fingerprint density at radius 1 is 0.929 bits per heavy atom. The fourth-order valence-corrected chi connectivity index (χ4v) is 5.44. The van der Waals surface area contributed by atoms with Gasteiger partial charge in [-0.2, -0.15) is 4.39 Å². The predicted molar refractivity (Wildman–Crippen MR) is 111 cm³/mol. The Balaban J connectivity index is 1.52. The van der Waals surface area contributed by atoms with Crippen molar-refractivity contribution in [3.8, 4) is 5.75 Å². The summed E-state index contributed by atoms with van der Waals surface area (Å²) in [6.45, 7) is 4.06. The van der Waals surface area contributed by atoms with Crippen LogP contribution < -0.4 is 4.74 Å². The molecule has 1 aromatic rings. The predicted octanol–water partition coefficient (Wildman–Crippen LogP) is 8.15. The van der Waals surface area contributed by atoms with E-state index in [-0.39, 0.29) is 11.7 Å². The SMILES string of the molecule is CC=COc1ccc(C2CCC(C3CCC(CCCC)CC3)CC2)c(F)c1F. The van der Waals surface area contributed by atoms with Crippen molar-refractivity contribution >= 4 is 0 Å². The van der Waals surface area contributed by atoms with E-state index in [9.17, 15) is 8.78 Å². The molecule has 0 unspecified atom stereocenters. The molecule has 0 aliphatic heterocycles. The molecule has 0 atom stereocenters. The van der Waals surface area contributed by atoms with Crippen molar-refractivity contribution in [1.82, 2.24) is 0 Å². The summed E-state index contributed by atoms with van der Waals surface area (Å²) in [7, 11) is 0. The Morgan fingerprint density at radius 2 is 1.57 bits per heavy atom. The van der Waals surface area contributed by atoms with E-state index in [1.165, 1.54) is 51.2 Å². The van der Waals surface area contributed by atoms with E-state index in [0.717, 1.165) is 43.4 Å². The minimum Gasteiger partial charge on any atom is -0.462 e. The normalized spacial score (nSPS) is 28.6. The van der Waals surface area contributed by atoms with E-state index >= 15 is 0 Å². The molecule has 0 radical (unpaired) electrons. The number of benzene rings is 1. The zero-order chi connectivity index (χ0) is 19.9. The number of rotatable bonds is 7. The maximum Gasteiger partial charge on any atom is 0.201 e. The first-order valence-corrected chi connectivity index (χ1v) is 11.4. The summed E-state index contributed by atoms with van der Waals surface area (Å²) < 4.78 is 34.0. The first kappa shape index (κ1) is 21.3. The van der Waals surface area contributed by atoms with Gasteiger partial charge in [-0.3, -0.25) is 0 Å². The van der Waals surface area contributed by atoms with Crippen LogP contribution in [-0.4, -0.2) is 0 Å².